The molecule has 0 aromatic heterocycles. The molecule has 0 radical (unpaired) electrons. The average molecular weight is 367 g/mol. The molecule has 3 nitrogen and oxygen atoms in total. The van der Waals surface area contributed by atoms with E-state index in [4.69, 9.17) is 5.73 Å². The van der Waals surface area contributed by atoms with Gasteiger partial charge in [0.1, 0.15) is 0 Å². The van der Waals surface area contributed by atoms with Crippen LogP contribution in [0.4, 0.5) is 5.69 Å². The summed E-state index contributed by atoms with van der Waals surface area (Å²) in [5.74, 6) is 0.197. The van der Waals surface area contributed by atoms with Gasteiger partial charge in [-0.05, 0) is 60.1 Å². The fraction of sp³-hybridized carbons (Fsp3) is 0.417. The van der Waals surface area contributed by atoms with Crippen LogP contribution in [0.5, 0.6) is 0 Å². The number of halogens is 2. The zero-order valence-corrected chi connectivity index (χ0v) is 12.3. The van der Waals surface area contributed by atoms with E-state index in [1.165, 1.54) is 0 Å². The molecule has 1 aromatic rings. The molecule has 1 fully saturated rings. The van der Waals surface area contributed by atoms with Crippen molar-refractivity contribution in [1.29, 1.82) is 0 Å². The van der Waals surface area contributed by atoms with Crippen molar-refractivity contribution in [2.45, 2.75) is 25.3 Å². The molecule has 0 bridgehead atoms. The van der Waals surface area contributed by atoms with Crippen LogP contribution in [0.1, 0.15) is 19.3 Å². The molecule has 1 aliphatic carbocycles. The molecule has 17 heavy (non-hydrogen) atoms. The Kier molecular flexibility index (Phi) is 5.69. The van der Waals surface area contributed by atoms with Crippen LogP contribution in [0, 0.1) is 9.49 Å². The van der Waals surface area contributed by atoms with Gasteiger partial charge in [0.2, 0.25) is 5.91 Å². The van der Waals surface area contributed by atoms with Crippen molar-refractivity contribution in [2.24, 2.45) is 11.7 Å². The molecule has 1 saturated carbocycles. The second-order valence-corrected chi connectivity index (χ2v) is 5.52. The van der Waals surface area contributed by atoms with Crippen molar-refractivity contribution in [2.75, 3.05) is 5.32 Å². The highest BCUT2D eigenvalue weighted by Gasteiger charge is 2.27. The topological polar surface area (TPSA) is 55.1 Å². The molecule has 5 heteroatoms. The standard InChI is InChI=1S/C12H15IN2O.ClH/c13-9-2-1-3-11(7-9)15-12(16)8-4-5-10(14)6-8;/h1-3,7-8,10H,4-6,14H2,(H,15,16);1H. The van der Waals surface area contributed by atoms with Crippen LogP contribution in [0.2, 0.25) is 0 Å². The van der Waals surface area contributed by atoms with Crippen molar-refractivity contribution in [3.63, 3.8) is 0 Å². The molecule has 0 spiro atoms. The van der Waals surface area contributed by atoms with Gasteiger partial charge in [0.05, 0.1) is 0 Å². The minimum atomic E-state index is 0. The molecule has 0 aliphatic heterocycles. The molecule has 1 amide bonds. The van der Waals surface area contributed by atoms with E-state index in [9.17, 15) is 4.79 Å². The summed E-state index contributed by atoms with van der Waals surface area (Å²) in [6, 6.07) is 8.02. The second kappa shape index (κ2) is 6.56. The number of amides is 1. The largest absolute Gasteiger partial charge is 0.328 e. The van der Waals surface area contributed by atoms with Gasteiger partial charge in [0.25, 0.3) is 0 Å². The zero-order valence-electron chi connectivity index (χ0n) is 9.36. The summed E-state index contributed by atoms with van der Waals surface area (Å²) in [5.41, 5.74) is 6.67. The van der Waals surface area contributed by atoms with Gasteiger partial charge in [-0.2, -0.15) is 0 Å². The number of nitrogens with one attached hydrogen (secondary N) is 1. The smallest absolute Gasteiger partial charge is 0.227 e. The fourth-order valence-electron chi connectivity index (χ4n) is 2.07. The van der Waals surface area contributed by atoms with Crippen LogP contribution in [-0.2, 0) is 4.79 Å². The van der Waals surface area contributed by atoms with Crippen molar-refractivity contribution < 1.29 is 4.79 Å². The lowest BCUT2D eigenvalue weighted by Crippen LogP contribution is -2.23. The number of benzene rings is 1. The quantitative estimate of drug-likeness (QED) is 0.791. The molecule has 2 rings (SSSR count). The second-order valence-electron chi connectivity index (χ2n) is 4.27. The Morgan fingerprint density at radius 1 is 1.41 bits per heavy atom. The van der Waals surface area contributed by atoms with Crippen LogP contribution >= 0.6 is 35.0 Å². The average Bonchev–Trinajstić information content (AvgIpc) is 2.65. The maximum Gasteiger partial charge on any atom is 0.227 e. The Labute approximate surface area is 121 Å². The minimum Gasteiger partial charge on any atom is -0.328 e. The monoisotopic (exact) mass is 366 g/mol. The van der Waals surface area contributed by atoms with E-state index in [0.29, 0.717) is 0 Å². The lowest BCUT2D eigenvalue weighted by Gasteiger charge is -2.10. The summed E-state index contributed by atoms with van der Waals surface area (Å²) in [5, 5.41) is 2.95. The number of rotatable bonds is 2. The van der Waals surface area contributed by atoms with E-state index in [1.807, 2.05) is 24.3 Å². The van der Waals surface area contributed by atoms with Gasteiger partial charge in [0.15, 0.2) is 0 Å². The predicted octanol–water partition coefficient (Wildman–Crippen LogP) is 2.78. The maximum atomic E-state index is 11.9. The Morgan fingerprint density at radius 2 is 2.18 bits per heavy atom. The summed E-state index contributed by atoms with van der Waals surface area (Å²) in [6.45, 7) is 0. The number of hydrogen-bond acceptors (Lipinski definition) is 2. The first-order chi connectivity index (χ1) is 7.65. The van der Waals surface area contributed by atoms with E-state index in [-0.39, 0.29) is 30.3 Å². The third-order valence-electron chi connectivity index (χ3n) is 2.94. The van der Waals surface area contributed by atoms with Gasteiger partial charge < -0.3 is 11.1 Å². The Balaban J connectivity index is 0.00000144. The molecular weight excluding hydrogens is 351 g/mol. The lowest BCUT2D eigenvalue weighted by atomic mass is 10.1. The molecule has 94 valence electrons. The molecular formula is C12H16ClIN2O. The van der Waals surface area contributed by atoms with Gasteiger partial charge in [-0.15, -0.1) is 12.4 Å². The number of carbonyl (C=O) groups is 1. The number of nitrogens with two attached hydrogens (primary N) is 1. The summed E-state index contributed by atoms with van der Waals surface area (Å²) in [4.78, 5) is 11.9. The summed E-state index contributed by atoms with van der Waals surface area (Å²) in [6.07, 6.45) is 2.69. The van der Waals surface area contributed by atoms with E-state index in [1.54, 1.807) is 0 Å². The highest BCUT2D eigenvalue weighted by Crippen LogP contribution is 2.25. The first-order valence-corrected chi connectivity index (χ1v) is 6.55. The number of anilines is 1. The summed E-state index contributed by atoms with van der Waals surface area (Å²) in [7, 11) is 0. The van der Waals surface area contributed by atoms with Crippen molar-refractivity contribution in [3.8, 4) is 0 Å². The minimum absolute atomic E-state index is 0. The lowest BCUT2D eigenvalue weighted by molar-refractivity contribution is -0.119. The molecule has 2 atom stereocenters. The molecule has 3 N–H and O–H groups in total. The van der Waals surface area contributed by atoms with Crippen molar-refractivity contribution in [1.82, 2.24) is 0 Å². The summed E-state index contributed by atoms with van der Waals surface area (Å²) >= 11 is 2.23. The first kappa shape index (κ1) is 14.7. The SMILES string of the molecule is Cl.NC1CCC(C(=O)Nc2cccc(I)c2)C1. The van der Waals surface area contributed by atoms with Crippen LogP contribution in [0.15, 0.2) is 24.3 Å². The number of hydrogen-bond donors (Lipinski definition) is 2. The van der Waals surface area contributed by atoms with Gasteiger partial charge in [-0.3, -0.25) is 4.79 Å². The molecule has 0 saturated heterocycles. The number of carbonyl (C=O) groups excluding carboxylic acids is 1. The van der Waals surface area contributed by atoms with Crippen LogP contribution in [-0.4, -0.2) is 11.9 Å². The van der Waals surface area contributed by atoms with Gasteiger partial charge in [-0.25, -0.2) is 0 Å². The van der Waals surface area contributed by atoms with Crippen molar-refractivity contribution >= 4 is 46.6 Å². The third kappa shape index (κ3) is 4.12. The molecule has 1 aliphatic rings. The van der Waals surface area contributed by atoms with Crippen LogP contribution < -0.4 is 11.1 Å². The molecule has 2 unspecified atom stereocenters. The zero-order chi connectivity index (χ0) is 11.5. The van der Waals surface area contributed by atoms with E-state index >= 15 is 0 Å². The van der Waals surface area contributed by atoms with E-state index in [2.05, 4.69) is 27.9 Å². The highest BCUT2D eigenvalue weighted by molar-refractivity contribution is 14.1. The highest BCUT2D eigenvalue weighted by atomic mass is 127. The third-order valence-corrected chi connectivity index (χ3v) is 3.61. The van der Waals surface area contributed by atoms with Gasteiger partial charge in [-0.1, -0.05) is 6.07 Å². The van der Waals surface area contributed by atoms with Crippen molar-refractivity contribution in [3.05, 3.63) is 27.8 Å². The predicted molar refractivity (Wildman–Crippen MR) is 80.4 cm³/mol. The maximum absolute atomic E-state index is 11.9. The Morgan fingerprint density at radius 3 is 2.76 bits per heavy atom. The normalized spacial score (nSPS) is 22.9. The molecule has 1 aromatic carbocycles. The summed E-state index contributed by atoms with van der Waals surface area (Å²) < 4.78 is 1.12. The Hall–Kier alpha value is -0.330. The van der Waals surface area contributed by atoms with Gasteiger partial charge >= 0.3 is 0 Å². The fourth-order valence-corrected chi connectivity index (χ4v) is 2.61. The van der Waals surface area contributed by atoms with E-state index in [0.717, 1.165) is 28.5 Å². The van der Waals surface area contributed by atoms with Crippen LogP contribution in [0.3, 0.4) is 0 Å². The first-order valence-electron chi connectivity index (χ1n) is 5.47. The molecule has 0 heterocycles. The van der Waals surface area contributed by atoms with E-state index < -0.39 is 0 Å². The van der Waals surface area contributed by atoms with Gasteiger partial charge in [0, 0.05) is 21.2 Å². The Bertz CT molecular complexity index is 400. The van der Waals surface area contributed by atoms with Crippen LogP contribution in [0.25, 0.3) is 0 Å².